The molecular weight excluding hydrogens is 452 g/mol. The van der Waals surface area contributed by atoms with Crippen molar-refractivity contribution >= 4 is 27.4 Å². The lowest BCUT2D eigenvalue weighted by atomic mass is 10.1. The van der Waals surface area contributed by atoms with Crippen LogP contribution in [-0.2, 0) is 10.0 Å². The van der Waals surface area contributed by atoms with Crippen LogP contribution >= 0.6 is 11.6 Å². The van der Waals surface area contributed by atoms with Crippen LogP contribution in [0.4, 0.5) is 5.82 Å². The second kappa shape index (κ2) is 9.32. The van der Waals surface area contributed by atoms with Crippen molar-refractivity contribution in [1.82, 2.24) is 14.3 Å². The normalized spacial score (nSPS) is 14.9. The Kier molecular flexibility index (Phi) is 6.50. The SMILES string of the molecule is COc1ccc(-c2cc(N3CCN(S(=O)(=O)c4ccc(OC)c(Cl)c4)CC3)ncn2)cc1. The Morgan fingerprint density at radius 3 is 2.25 bits per heavy atom. The number of hydrogen-bond donors (Lipinski definition) is 0. The van der Waals surface area contributed by atoms with Crippen LogP contribution in [0.25, 0.3) is 11.3 Å². The zero-order valence-corrected chi connectivity index (χ0v) is 19.3. The summed E-state index contributed by atoms with van der Waals surface area (Å²) in [6.07, 6.45) is 1.53. The van der Waals surface area contributed by atoms with Crippen LogP contribution < -0.4 is 14.4 Å². The maximum atomic E-state index is 13.0. The molecule has 0 amide bonds. The summed E-state index contributed by atoms with van der Waals surface area (Å²) < 4.78 is 37.9. The zero-order chi connectivity index (χ0) is 22.7. The molecule has 3 aromatic rings. The minimum Gasteiger partial charge on any atom is -0.497 e. The molecule has 8 nitrogen and oxygen atoms in total. The molecule has 168 valence electrons. The lowest BCUT2D eigenvalue weighted by Gasteiger charge is -2.34. The van der Waals surface area contributed by atoms with Gasteiger partial charge in [0.05, 0.1) is 29.8 Å². The zero-order valence-electron chi connectivity index (χ0n) is 17.7. The van der Waals surface area contributed by atoms with E-state index < -0.39 is 10.0 Å². The minimum absolute atomic E-state index is 0.153. The fourth-order valence-corrected chi connectivity index (χ4v) is 5.33. The van der Waals surface area contributed by atoms with Gasteiger partial charge in [0.25, 0.3) is 0 Å². The van der Waals surface area contributed by atoms with E-state index in [4.69, 9.17) is 21.1 Å². The monoisotopic (exact) mass is 474 g/mol. The summed E-state index contributed by atoms with van der Waals surface area (Å²) in [5, 5.41) is 0.263. The second-order valence-electron chi connectivity index (χ2n) is 7.18. The Morgan fingerprint density at radius 1 is 0.906 bits per heavy atom. The molecule has 0 aliphatic carbocycles. The lowest BCUT2D eigenvalue weighted by Crippen LogP contribution is -2.48. The lowest BCUT2D eigenvalue weighted by molar-refractivity contribution is 0.383. The van der Waals surface area contributed by atoms with Crippen LogP contribution in [0, 0.1) is 0 Å². The maximum absolute atomic E-state index is 13.0. The molecule has 1 aliphatic rings. The van der Waals surface area contributed by atoms with E-state index in [1.807, 2.05) is 30.3 Å². The van der Waals surface area contributed by atoms with Gasteiger partial charge >= 0.3 is 0 Å². The van der Waals surface area contributed by atoms with Gasteiger partial charge in [-0.3, -0.25) is 0 Å². The minimum atomic E-state index is -3.65. The molecule has 10 heteroatoms. The van der Waals surface area contributed by atoms with Crippen molar-refractivity contribution in [2.45, 2.75) is 4.90 Å². The number of piperazine rings is 1. The van der Waals surface area contributed by atoms with Crippen LogP contribution in [0.2, 0.25) is 5.02 Å². The molecule has 1 fully saturated rings. The van der Waals surface area contributed by atoms with E-state index in [2.05, 4.69) is 14.9 Å². The first kappa shape index (κ1) is 22.3. The van der Waals surface area contributed by atoms with Gasteiger partial charge in [0.15, 0.2) is 0 Å². The molecule has 2 heterocycles. The van der Waals surface area contributed by atoms with Gasteiger partial charge in [0, 0.05) is 37.8 Å². The number of hydrogen-bond acceptors (Lipinski definition) is 7. The number of anilines is 1. The predicted molar refractivity (Wildman–Crippen MR) is 123 cm³/mol. The van der Waals surface area contributed by atoms with E-state index in [0.717, 1.165) is 22.8 Å². The van der Waals surface area contributed by atoms with Crippen LogP contribution in [0.1, 0.15) is 0 Å². The molecule has 1 aromatic heterocycles. The number of methoxy groups -OCH3 is 2. The molecular formula is C22H23ClN4O4S. The van der Waals surface area contributed by atoms with Crippen molar-refractivity contribution in [3.05, 3.63) is 59.9 Å². The Hall–Kier alpha value is -2.88. The van der Waals surface area contributed by atoms with Crippen LogP contribution in [0.15, 0.2) is 59.8 Å². The molecule has 1 aliphatic heterocycles. The smallest absolute Gasteiger partial charge is 0.243 e. The van der Waals surface area contributed by atoms with Gasteiger partial charge < -0.3 is 14.4 Å². The quantitative estimate of drug-likeness (QED) is 0.541. The first-order valence-electron chi connectivity index (χ1n) is 9.97. The van der Waals surface area contributed by atoms with Gasteiger partial charge in [-0.1, -0.05) is 11.6 Å². The Labute approximate surface area is 192 Å². The van der Waals surface area contributed by atoms with Crippen LogP contribution in [0.3, 0.4) is 0 Å². The number of sulfonamides is 1. The van der Waals surface area contributed by atoms with Crippen molar-refractivity contribution in [2.24, 2.45) is 0 Å². The van der Waals surface area contributed by atoms with Crippen LogP contribution in [0.5, 0.6) is 11.5 Å². The third kappa shape index (κ3) is 4.50. The molecule has 0 bridgehead atoms. The number of rotatable bonds is 6. The molecule has 4 rings (SSSR count). The number of ether oxygens (including phenoxy) is 2. The standard InChI is InChI=1S/C22H23ClN4O4S/c1-30-17-5-3-16(4-6-17)20-14-22(25-15-24-20)26-9-11-27(12-10-26)32(28,29)18-7-8-21(31-2)19(23)13-18/h3-8,13-15H,9-12H2,1-2H3. The maximum Gasteiger partial charge on any atom is 0.243 e. The summed E-state index contributed by atoms with van der Waals surface area (Å²) in [5.74, 6) is 1.97. The van der Waals surface area contributed by atoms with E-state index in [0.29, 0.717) is 31.9 Å². The van der Waals surface area contributed by atoms with Crippen molar-refractivity contribution in [3.8, 4) is 22.8 Å². The number of halogens is 1. The molecule has 0 atom stereocenters. The summed E-state index contributed by atoms with van der Waals surface area (Å²) >= 11 is 6.12. The largest absolute Gasteiger partial charge is 0.497 e. The van der Waals surface area contributed by atoms with Gasteiger partial charge in [-0.2, -0.15) is 4.31 Å². The predicted octanol–water partition coefficient (Wildman–Crippen LogP) is 3.33. The fourth-order valence-electron chi connectivity index (χ4n) is 3.55. The van der Waals surface area contributed by atoms with Crippen molar-refractivity contribution in [1.29, 1.82) is 0 Å². The Bertz CT molecular complexity index is 1200. The summed E-state index contributed by atoms with van der Waals surface area (Å²) in [6, 6.07) is 14.1. The van der Waals surface area contributed by atoms with E-state index in [9.17, 15) is 8.42 Å². The first-order chi connectivity index (χ1) is 15.4. The fraction of sp³-hybridized carbons (Fsp3) is 0.273. The molecule has 1 saturated heterocycles. The average Bonchev–Trinajstić information content (AvgIpc) is 2.84. The molecule has 32 heavy (non-hydrogen) atoms. The van der Waals surface area contributed by atoms with Crippen molar-refractivity contribution in [3.63, 3.8) is 0 Å². The van der Waals surface area contributed by atoms with Gasteiger partial charge in [-0.05, 0) is 42.5 Å². The highest BCUT2D eigenvalue weighted by Crippen LogP contribution is 2.29. The first-order valence-corrected chi connectivity index (χ1v) is 11.8. The summed E-state index contributed by atoms with van der Waals surface area (Å²) in [4.78, 5) is 11.0. The van der Waals surface area contributed by atoms with Gasteiger partial charge in [-0.25, -0.2) is 18.4 Å². The Morgan fingerprint density at radius 2 is 1.62 bits per heavy atom. The second-order valence-corrected chi connectivity index (χ2v) is 9.52. The molecule has 2 aromatic carbocycles. The third-order valence-corrected chi connectivity index (χ3v) is 7.55. The van der Waals surface area contributed by atoms with Crippen molar-refractivity contribution in [2.75, 3.05) is 45.3 Å². The Balaban J connectivity index is 1.47. The number of aromatic nitrogens is 2. The molecule has 0 radical (unpaired) electrons. The number of nitrogens with zero attached hydrogens (tertiary/aromatic N) is 4. The summed E-state index contributed by atoms with van der Waals surface area (Å²) in [5.41, 5.74) is 1.74. The highest BCUT2D eigenvalue weighted by atomic mass is 35.5. The van der Waals surface area contributed by atoms with Crippen LogP contribution in [-0.4, -0.2) is 63.1 Å². The highest BCUT2D eigenvalue weighted by molar-refractivity contribution is 7.89. The summed E-state index contributed by atoms with van der Waals surface area (Å²) in [7, 11) is -0.537. The highest BCUT2D eigenvalue weighted by Gasteiger charge is 2.29. The van der Waals surface area contributed by atoms with E-state index in [-0.39, 0.29) is 9.92 Å². The third-order valence-electron chi connectivity index (χ3n) is 5.36. The van der Waals surface area contributed by atoms with E-state index in [1.165, 1.54) is 29.9 Å². The molecule has 0 saturated carbocycles. The number of benzene rings is 2. The topological polar surface area (TPSA) is 84.9 Å². The van der Waals surface area contributed by atoms with Gasteiger partial charge in [-0.15, -0.1) is 0 Å². The molecule has 0 spiro atoms. The van der Waals surface area contributed by atoms with Gasteiger partial charge in [0.1, 0.15) is 23.6 Å². The molecule has 0 N–H and O–H groups in total. The average molecular weight is 475 g/mol. The van der Waals surface area contributed by atoms with E-state index in [1.54, 1.807) is 13.2 Å². The van der Waals surface area contributed by atoms with Crippen molar-refractivity contribution < 1.29 is 17.9 Å². The summed E-state index contributed by atoms with van der Waals surface area (Å²) in [6.45, 7) is 1.71. The van der Waals surface area contributed by atoms with E-state index >= 15 is 0 Å². The molecule has 0 unspecified atom stereocenters. The van der Waals surface area contributed by atoms with Gasteiger partial charge in [0.2, 0.25) is 10.0 Å².